The van der Waals surface area contributed by atoms with Crippen LogP contribution in [-0.4, -0.2) is 43.7 Å². The average Bonchev–Trinajstić information content (AvgIpc) is 3.02. The molecule has 226 valence electrons. The molecule has 0 spiro atoms. The summed E-state index contributed by atoms with van der Waals surface area (Å²) in [6.45, 7) is -0.303. The highest BCUT2D eigenvalue weighted by Crippen LogP contribution is 2.39. The van der Waals surface area contributed by atoms with Crippen LogP contribution in [0, 0.1) is 11.6 Å². The van der Waals surface area contributed by atoms with E-state index in [1.807, 2.05) is 6.07 Å². The van der Waals surface area contributed by atoms with E-state index in [9.17, 15) is 8.42 Å². The fourth-order valence-corrected chi connectivity index (χ4v) is 6.73. The van der Waals surface area contributed by atoms with E-state index in [0.717, 1.165) is 41.5 Å². The van der Waals surface area contributed by atoms with Crippen molar-refractivity contribution in [2.45, 2.75) is 49.1 Å². The molecular weight excluding hydrogens is 580 g/mol. The summed E-state index contributed by atoms with van der Waals surface area (Å²) >= 11 is 0. The van der Waals surface area contributed by atoms with Crippen LogP contribution >= 0.6 is 0 Å². The van der Waals surface area contributed by atoms with Crippen LogP contribution in [0.4, 0.5) is 20.4 Å². The predicted octanol–water partition coefficient (Wildman–Crippen LogP) is 5.25. The monoisotopic (exact) mass is 611 g/mol. The number of nitrogens with zero attached hydrogens (tertiary/aromatic N) is 4. The van der Waals surface area contributed by atoms with Crippen molar-refractivity contribution in [2.24, 2.45) is 0 Å². The van der Waals surface area contributed by atoms with Gasteiger partial charge in [-0.25, -0.2) is 36.5 Å². The zero-order chi connectivity index (χ0) is 30.6. The number of hydrogen-bond acceptors (Lipinski definition) is 9. The van der Waals surface area contributed by atoms with Crippen LogP contribution in [0.15, 0.2) is 72.1 Å². The first-order chi connectivity index (χ1) is 20.7. The van der Waals surface area contributed by atoms with Gasteiger partial charge in [0.2, 0.25) is 0 Å². The topological polar surface area (TPSA) is 130 Å². The third kappa shape index (κ3) is 6.31. The van der Waals surface area contributed by atoms with Gasteiger partial charge in [0.1, 0.15) is 46.3 Å². The Morgan fingerprint density at radius 3 is 2.49 bits per heavy atom. The highest BCUT2D eigenvalue weighted by Gasteiger charge is 2.34. The molecule has 2 aromatic heterocycles. The molecule has 2 aromatic carbocycles. The maximum Gasteiger partial charge on any atom is 0.268 e. The first-order valence-electron chi connectivity index (χ1n) is 13.6. The third-order valence-electron chi connectivity index (χ3n) is 7.44. The van der Waals surface area contributed by atoms with Gasteiger partial charge in [0, 0.05) is 53.7 Å². The van der Waals surface area contributed by atoms with Crippen LogP contribution in [-0.2, 0) is 16.6 Å². The van der Waals surface area contributed by atoms with Gasteiger partial charge in [-0.2, -0.15) is 0 Å². The van der Waals surface area contributed by atoms with E-state index in [4.69, 9.17) is 19.9 Å². The Balaban J connectivity index is 1.49. The van der Waals surface area contributed by atoms with E-state index in [0.29, 0.717) is 35.4 Å². The van der Waals surface area contributed by atoms with Gasteiger partial charge in [0.15, 0.2) is 11.6 Å². The highest BCUT2D eigenvalue weighted by atomic mass is 32.2. The quantitative estimate of drug-likeness (QED) is 0.256. The van der Waals surface area contributed by atoms with Crippen LogP contribution < -0.4 is 24.2 Å². The van der Waals surface area contributed by atoms with Crippen LogP contribution in [0.25, 0.3) is 0 Å². The van der Waals surface area contributed by atoms with Gasteiger partial charge in [-0.1, -0.05) is 12.5 Å². The largest absolute Gasteiger partial charge is 0.497 e. The molecule has 1 aliphatic rings. The number of sulfonamides is 1. The molecule has 0 aliphatic heterocycles. The number of methoxy groups -OCH3 is 2. The minimum Gasteiger partial charge on any atom is -0.497 e. The third-order valence-corrected chi connectivity index (χ3v) is 9.20. The summed E-state index contributed by atoms with van der Waals surface area (Å²) in [5, 5.41) is 0. The molecule has 2 heterocycles. The number of pyridine rings is 1. The summed E-state index contributed by atoms with van der Waals surface area (Å²) < 4.78 is 76.6. The predicted molar refractivity (Wildman–Crippen MR) is 156 cm³/mol. The Hall–Kier alpha value is -4.52. The molecule has 13 heteroatoms. The second kappa shape index (κ2) is 12.8. The summed E-state index contributed by atoms with van der Waals surface area (Å²) in [6.07, 6.45) is 6.67. The van der Waals surface area contributed by atoms with Gasteiger partial charge in [0.05, 0.1) is 20.8 Å². The smallest absolute Gasteiger partial charge is 0.268 e. The van der Waals surface area contributed by atoms with Gasteiger partial charge in [0.25, 0.3) is 10.0 Å². The molecule has 1 aliphatic carbocycles. The van der Waals surface area contributed by atoms with Gasteiger partial charge in [-0.15, -0.1) is 0 Å². The van der Waals surface area contributed by atoms with Gasteiger partial charge in [-0.3, -0.25) is 0 Å². The Morgan fingerprint density at radius 2 is 1.77 bits per heavy atom. The van der Waals surface area contributed by atoms with E-state index >= 15 is 8.78 Å². The molecule has 2 unspecified atom stereocenters. The Labute approximate surface area is 248 Å². The molecule has 5 rings (SSSR count). The second-order valence-corrected chi connectivity index (χ2v) is 11.8. The fraction of sp³-hybridized carbons (Fsp3) is 0.300. The standard InChI is InChI=1S/C30H31F2N5O5S/c1-40-20-10-9-19(26(14-20)41-2)17-37(29-11-13-34-18-36-29)43(38,39)28-16-23(31)27(15-24(28)32)42-25-8-4-3-6-21(25)22-7-5-12-35-30(22)33/h5,7,9-16,18,21,25H,3-4,6,8,17H2,1-2H3,(H2,33,35). The van der Waals surface area contributed by atoms with E-state index in [-0.39, 0.29) is 24.0 Å². The number of rotatable bonds is 10. The lowest BCUT2D eigenvalue weighted by molar-refractivity contribution is 0.124. The average molecular weight is 612 g/mol. The molecule has 0 bridgehead atoms. The van der Waals surface area contributed by atoms with E-state index < -0.39 is 32.7 Å². The number of benzene rings is 2. The van der Waals surface area contributed by atoms with Crippen molar-refractivity contribution in [3.63, 3.8) is 0 Å². The molecule has 2 N–H and O–H groups in total. The van der Waals surface area contributed by atoms with Crippen molar-refractivity contribution in [3.8, 4) is 17.2 Å². The first-order valence-corrected chi connectivity index (χ1v) is 15.0. The van der Waals surface area contributed by atoms with Crippen LogP contribution in [0.1, 0.15) is 42.7 Å². The number of nitrogens with two attached hydrogens (primary N) is 1. The van der Waals surface area contributed by atoms with Gasteiger partial charge >= 0.3 is 0 Å². The number of ether oxygens (including phenoxy) is 3. The number of hydrogen-bond donors (Lipinski definition) is 1. The minimum atomic E-state index is -4.69. The summed E-state index contributed by atoms with van der Waals surface area (Å²) in [7, 11) is -1.78. The molecule has 4 aromatic rings. The van der Waals surface area contributed by atoms with Gasteiger partial charge in [-0.05, 0) is 37.5 Å². The van der Waals surface area contributed by atoms with Crippen molar-refractivity contribution in [3.05, 3.63) is 90.0 Å². The molecule has 0 saturated heterocycles. The lowest BCUT2D eigenvalue weighted by atomic mass is 9.81. The Kier molecular flexibility index (Phi) is 8.90. The Morgan fingerprint density at radius 1 is 0.953 bits per heavy atom. The molecular formula is C30H31F2N5O5S. The van der Waals surface area contributed by atoms with E-state index in [1.165, 1.54) is 26.5 Å². The van der Waals surface area contributed by atoms with E-state index in [2.05, 4.69) is 15.0 Å². The van der Waals surface area contributed by atoms with Gasteiger partial charge < -0.3 is 19.9 Å². The zero-order valence-electron chi connectivity index (χ0n) is 23.6. The number of nitrogen functional groups attached to an aromatic ring is 1. The zero-order valence-corrected chi connectivity index (χ0v) is 24.4. The summed E-state index contributed by atoms with van der Waals surface area (Å²) in [6, 6.07) is 11.2. The molecule has 0 amide bonds. The summed E-state index contributed by atoms with van der Waals surface area (Å²) in [5.41, 5.74) is 7.31. The highest BCUT2D eigenvalue weighted by molar-refractivity contribution is 7.92. The van der Waals surface area contributed by atoms with Crippen LogP contribution in [0.2, 0.25) is 0 Å². The van der Waals surface area contributed by atoms with Crippen LogP contribution in [0.3, 0.4) is 0 Å². The van der Waals surface area contributed by atoms with Crippen molar-refractivity contribution in [2.75, 3.05) is 24.3 Å². The van der Waals surface area contributed by atoms with Crippen molar-refractivity contribution in [1.29, 1.82) is 0 Å². The summed E-state index contributed by atoms with van der Waals surface area (Å²) in [4.78, 5) is 11.2. The Bertz CT molecular complexity index is 1690. The van der Waals surface area contributed by atoms with Crippen molar-refractivity contribution < 1.29 is 31.4 Å². The normalized spacial score (nSPS) is 16.8. The maximum atomic E-state index is 15.7. The molecule has 2 atom stereocenters. The number of anilines is 2. The molecule has 10 nitrogen and oxygen atoms in total. The lowest BCUT2D eigenvalue weighted by Gasteiger charge is -2.32. The van der Waals surface area contributed by atoms with E-state index in [1.54, 1.807) is 30.5 Å². The molecule has 43 heavy (non-hydrogen) atoms. The minimum absolute atomic E-state index is 0.0490. The van der Waals surface area contributed by atoms with Crippen molar-refractivity contribution in [1.82, 2.24) is 15.0 Å². The number of aromatic nitrogens is 3. The van der Waals surface area contributed by atoms with Crippen LogP contribution in [0.5, 0.6) is 17.2 Å². The lowest BCUT2D eigenvalue weighted by Crippen LogP contribution is -2.32. The fourth-order valence-electron chi connectivity index (χ4n) is 5.27. The molecule has 1 fully saturated rings. The van der Waals surface area contributed by atoms with Crippen molar-refractivity contribution >= 4 is 21.7 Å². The summed E-state index contributed by atoms with van der Waals surface area (Å²) in [5.74, 6) is -1.63. The second-order valence-electron chi connectivity index (χ2n) is 10.00. The molecule has 1 saturated carbocycles. The maximum absolute atomic E-state index is 15.7. The molecule has 0 radical (unpaired) electrons. The first kappa shape index (κ1) is 30.0. The SMILES string of the molecule is COc1ccc(CN(c2ccncn2)S(=O)(=O)c2cc(F)c(OC3CCCCC3c3cccnc3N)cc2F)c(OC)c1. The number of halogens is 2.